The number of hydrogen-bond donors (Lipinski definition) is 3. The SMILES string of the molecule is CCOc1cc(C2/C(=C(\O)c3ccc4c(c3)CCCO4)C(=O)C(=O)N2c2cc(Cl)ccc2O)ccc1O. The van der Waals surface area contributed by atoms with Gasteiger partial charge in [-0.25, -0.2) is 0 Å². The Kier molecular flexibility index (Phi) is 6.43. The molecule has 1 atom stereocenters. The van der Waals surface area contributed by atoms with Gasteiger partial charge in [0.15, 0.2) is 11.5 Å². The van der Waals surface area contributed by atoms with E-state index in [4.69, 9.17) is 21.1 Å². The molecule has 3 N–H and O–H groups in total. The van der Waals surface area contributed by atoms with Gasteiger partial charge in [0.1, 0.15) is 17.3 Å². The van der Waals surface area contributed by atoms with Crippen molar-refractivity contribution in [3.8, 4) is 23.0 Å². The number of rotatable bonds is 5. The number of carbonyl (C=O) groups excluding carboxylic acids is 2. The van der Waals surface area contributed by atoms with Crippen LogP contribution in [-0.2, 0) is 16.0 Å². The molecule has 190 valence electrons. The lowest BCUT2D eigenvalue weighted by atomic mass is 9.93. The third-order valence-electron chi connectivity index (χ3n) is 6.42. The number of benzene rings is 3. The fourth-order valence-corrected chi connectivity index (χ4v) is 4.89. The normalized spacial score (nSPS) is 18.4. The van der Waals surface area contributed by atoms with E-state index in [1.165, 1.54) is 36.4 Å². The highest BCUT2D eigenvalue weighted by Crippen LogP contribution is 2.47. The maximum atomic E-state index is 13.4. The molecular weight excluding hydrogens is 498 g/mol. The van der Waals surface area contributed by atoms with Crippen molar-refractivity contribution in [2.45, 2.75) is 25.8 Å². The minimum atomic E-state index is -1.14. The maximum absolute atomic E-state index is 13.4. The first-order chi connectivity index (χ1) is 17.8. The van der Waals surface area contributed by atoms with Gasteiger partial charge in [0.25, 0.3) is 11.7 Å². The third-order valence-corrected chi connectivity index (χ3v) is 6.66. The van der Waals surface area contributed by atoms with Gasteiger partial charge in [0, 0.05) is 10.6 Å². The lowest BCUT2D eigenvalue weighted by Gasteiger charge is -2.26. The van der Waals surface area contributed by atoms with Crippen LogP contribution in [0.5, 0.6) is 23.0 Å². The van der Waals surface area contributed by atoms with E-state index in [-0.39, 0.29) is 45.9 Å². The zero-order valence-corrected chi connectivity index (χ0v) is 20.7. The molecule has 0 radical (unpaired) electrons. The molecule has 0 aliphatic carbocycles. The van der Waals surface area contributed by atoms with Crippen LogP contribution in [-0.4, -0.2) is 40.2 Å². The third kappa shape index (κ3) is 4.34. The minimum Gasteiger partial charge on any atom is -0.507 e. The molecule has 3 aromatic rings. The van der Waals surface area contributed by atoms with Gasteiger partial charge < -0.3 is 24.8 Å². The van der Waals surface area contributed by atoms with Gasteiger partial charge in [-0.3, -0.25) is 14.5 Å². The second-order valence-electron chi connectivity index (χ2n) is 8.74. The predicted octanol–water partition coefficient (Wildman–Crippen LogP) is 5.10. The monoisotopic (exact) mass is 521 g/mol. The number of carbonyl (C=O) groups is 2. The average Bonchev–Trinajstić information content (AvgIpc) is 3.16. The maximum Gasteiger partial charge on any atom is 0.300 e. The van der Waals surface area contributed by atoms with Crippen molar-refractivity contribution in [1.82, 2.24) is 0 Å². The highest BCUT2D eigenvalue weighted by molar-refractivity contribution is 6.52. The molecule has 1 amide bonds. The molecule has 1 unspecified atom stereocenters. The van der Waals surface area contributed by atoms with Crippen molar-refractivity contribution in [2.75, 3.05) is 18.1 Å². The highest BCUT2D eigenvalue weighted by Gasteiger charge is 2.48. The first kappa shape index (κ1) is 24.5. The van der Waals surface area contributed by atoms with Crippen LogP contribution in [0.3, 0.4) is 0 Å². The van der Waals surface area contributed by atoms with E-state index in [1.807, 2.05) is 0 Å². The number of aryl methyl sites for hydroxylation is 1. The van der Waals surface area contributed by atoms with Crippen LogP contribution < -0.4 is 14.4 Å². The summed E-state index contributed by atoms with van der Waals surface area (Å²) in [6, 6.07) is 12.5. The van der Waals surface area contributed by atoms with E-state index in [2.05, 4.69) is 0 Å². The number of phenolic OH excluding ortho intramolecular Hbond substituents is 2. The number of halogens is 1. The summed E-state index contributed by atoms with van der Waals surface area (Å²) in [5.74, 6) is -1.78. The summed E-state index contributed by atoms with van der Waals surface area (Å²) in [6.07, 6.45) is 1.57. The fourth-order valence-electron chi connectivity index (χ4n) is 4.72. The van der Waals surface area contributed by atoms with Crippen LogP contribution in [0.4, 0.5) is 5.69 Å². The summed E-state index contributed by atoms with van der Waals surface area (Å²) in [4.78, 5) is 27.9. The van der Waals surface area contributed by atoms with Crippen molar-refractivity contribution >= 4 is 34.7 Å². The van der Waals surface area contributed by atoms with Crippen LogP contribution in [0.2, 0.25) is 5.02 Å². The number of aromatic hydroxyl groups is 2. The van der Waals surface area contributed by atoms with Gasteiger partial charge in [0.2, 0.25) is 0 Å². The van der Waals surface area contributed by atoms with Crippen molar-refractivity contribution in [3.63, 3.8) is 0 Å². The van der Waals surface area contributed by atoms with Crippen molar-refractivity contribution in [2.24, 2.45) is 0 Å². The Morgan fingerprint density at radius 2 is 1.86 bits per heavy atom. The van der Waals surface area contributed by atoms with Crippen molar-refractivity contribution in [1.29, 1.82) is 0 Å². The first-order valence-electron chi connectivity index (χ1n) is 11.8. The summed E-state index contributed by atoms with van der Waals surface area (Å²) < 4.78 is 11.2. The van der Waals surface area contributed by atoms with Crippen LogP contribution in [0, 0.1) is 0 Å². The smallest absolute Gasteiger partial charge is 0.300 e. The van der Waals surface area contributed by atoms with Crippen LogP contribution in [0.25, 0.3) is 5.76 Å². The number of nitrogens with zero attached hydrogens (tertiary/aromatic N) is 1. The quantitative estimate of drug-likeness (QED) is 0.243. The summed E-state index contributed by atoms with van der Waals surface area (Å²) in [6.45, 7) is 2.63. The number of aliphatic hydroxyl groups excluding tert-OH is 1. The molecule has 0 bridgehead atoms. The second kappa shape index (κ2) is 9.71. The van der Waals surface area contributed by atoms with Crippen molar-refractivity contribution in [3.05, 3.63) is 81.9 Å². The molecule has 0 saturated carbocycles. The van der Waals surface area contributed by atoms with Crippen LogP contribution in [0.1, 0.15) is 36.1 Å². The Morgan fingerprint density at radius 3 is 2.65 bits per heavy atom. The number of ether oxygens (including phenoxy) is 2. The molecule has 5 rings (SSSR count). The number of aliphatic hydroxyl groups is 1. The van der Waals surface area contributed by atoms with E-state index >= 15 is 0 Å². The Bertz CT molecular complexity index is 1450. The van der Waals surface area contributed by atoms with Crippen LogP contribution >= 0.6 is 11.6 Å². The van der Waals surface area contributed by atoms with Crippen LogP contribution in [0.15, 0.2) is 60.2 Å². The lowest BCUT2D eigenvalue weighted by molar-refractivity contribution is -0.132. The van der Waals surface area contributed by atoms with Gasteiger partial charge in [-0.2, -0.15) is 0 Å². The summed E-state index contributed by atoms with van der Waals surface area (Å²) in [7, 11) is 0. The fraction of sp³-hybridized carbons (Fsp3) is 0.214. The Balaban J connectivity index is 1.73. The summed E-state index contributed by atoms with van der Waals surface area (Å²) >= 11 is 6.16. The van der Waals surface area contributed by atoms with Gasteiger partial charge in [0.05, 0.1) is 30.5 Å². The lowest BCUT2D eigenvalue weighted by Crippen LogP contribution is -2.29. The van der Waals surface area contributed by atoms with Crippen molar-refractivity contribution < 1.29 is 34.4 Å². The zero-order chi connectivity index (χ0) is 26.3. The molecule has 2 aliphatic heterocycles. The topological polar surface area (TPSA) is 117 Å². The largest absolute Gasteiger partial charge is 0.507 e. The van der Waals surface area contributed by atoms with Gasteiger partial charge >= 0.3 is 0 Å². The standard InChI is InChI=1S/C28H24ClNO7/c1-2-36-23-13-16(5-8-21(23)32)25-24(26(33)17-6-10-22-15(12-17)4-3-11-37-22)27(34)28(35)30(25)19-14-18(29)7-9-20(19)31/h5-10,12-14,25,31-33H,2-4,11H2,1H3/b26-24+. The predicted molar refractivity (Wildman–Crippen MR) is 137 cm³/mol. The number of anilines is 1. The number of amides is 1. The number of Topliss-reactive ketones (excluding diaryl/α,β-unsaturated/α-hetero) is 1. The van der Waals surface area contributed by atoms with E-state index < -0.39 is 17.7 Å². The molecule has 0 spiro atoms. The molecule has 8 nitrogen and oxygen atoms in total. The molecule has 2 heterocycles. The number of phenols is 2. The second-order valence-corrected chi connectivity index (χ2v) is 9.17. The average molecular weight is 522 g/mol. The first-order valence-corrected chi connectivity index (χ1v) is 12.2. The molecule has 1 saturated heterocycles. The van der Waals surface area contributed by atoms with E-state index in [9.17, 15) is 24.9 Å². The van der Waals surface area contributed by atoms with Gasteiger partial charge in [-0.05, 0) is 79.4 Å². The Morgan fingerprint density at radius 1 is 1.08 bits per heavy atom. The molecule has 1 fully saturated rings. The molecule has 37 heavy (non-hydrogen) atoms. The number of fused-ring (bicyclic) bond motifs is 1. The molecule has 0 aromatic heterocycles. The Labute approximate surface area is 217 Å². The summed E-state index contributed by atoms with van der Waals surface area (Å²) in [5.41, 5.74) is 1.45. The Hall–Kier alpha value is -4.17. The zero-order valence-electron chi connectivity index (χ0n) is 19.9. The van der Waals surface area contributed by atoms with E-state index in [1.54, 1.807) is 25.1 Å². The summed E-state index contributed by atoms with van der Waals surface area (Å²) in [5, 5.41) is 32.5. The highest BCUT2D eigenvalue weighted by atomic mass is 35.5. The molecule has 3 aromatic carbocycles. The van der Waals surface area contributed by atoms with Gasteiger partial charge in [-0.1, -0.05) is 17.7 Å². The molecular formula is C28H24ClNO7. The minimum absolute atomic E-state index is 0.00326. The molecule has 9 heteroatoms. The number of ketones is 1. The van der Waals surface area contributed by atoms with E-state index in [0.717, 1.165) is 23.3 Å². The van der Waals surface area contributed by atoms with E-state index in [0.29, 0.717) is 23.5 Å². The molecule has 2 aliphatic rings. The number of hydrogen-bond acceptors (Lipinski definition) is 7. The van der Waals surface area contributed by atoms with Gasteiger partial charge in [-0.15, -0.1) is 0 Å².